The molecule has 0 spiro atoms. The van der Waals surface area contributed by atoms with Crippen LogP contribution in [-0.2, 0) is 36.3 Å². The maximum Gasteiger partial charge on any atom is 0.355 e. The first kappa shape index (κ1) is 24.1. The van der Waals surface area contributed by atoms with Crippen molar-refractivity contribution in [2.75, 3.05) is 5.33 Å². The highest BCUT2D eigenvalue weighted by Crippen LogP contribution is 2.42. The zero-order chi connectivity index (χ0) is 22.9. The fourth-order valence-electron chi connectivity index (χ4n) is 3.49. The summed E-state index contributed by atoms with van der Waals surface area (Å²) in [6.45, 7) is 5.22. The number of nitrogens with zero attached hydrogens (tertiary/aromatic N) is 1. The highest BCUT2D eigenvalue weighted by Gasteiger charge is 2.59. The largest absolute Gasteiger partial charge is 0.455 e. The van der Waals surface area contributed by atoms with Crippen LogP contribution in [0.25, 0.3) is 0 Å². The number of nitrogens with one attached hydrogen (secondary N) is 1. The Balaban J connectivity index is 1.85. The molecule has 0 aromatic heterocycles. The third-order valence-corrected chi connectivity index (χ3v) is 8.49. The van der Waals surface area contributed by atoms with Gasteiger partial charge in [0.1, 0.15) is 26.9 Å². The quantitative estimate of drug-likeness (QED) is 0.320. The van der Waals surface area contributed by atoms with E-state index < -0.39 is 43.9 Å². The molecule has 10 heteroatoms. The molecule has 1 aromatic rings. The summed E-state index contributed by atoms with van der Waals surface area (Å²) in [7, 11) is -1.56. The minimum Gasteiger partial charge on any atom is -0.455 e. The summed E-state index contributed by atoms with van der Waals surface area (Å²) in [5.41, 5.74) is 0.706. The van der Waals surface area contributed by atoms with Crippen molar-refractivity contribution in [2.45, 2.75) is 54.8 Å². The van der Waals surface area contributed by atoms with Crippen molar-refractivity contribution in [3.05, 3.63) is 47.2 Å². The fraction of sp³-hybridized carbons (Fsp3) is 0.476. The Bertz CT molecular complexity index is 945. The standard InChI is InChI=1S/C21H24Br2N2O5S/c1-21(2,3)30-20(28)16-13(9-10-22)17(23)31(29)19-15(18(27)25(16)19)24-14(26)11-12-7-5-4-6-8-12/h4-8,15,17,19H,9-11H2,1-3H3,(H,24,26)/t15?,17?,19-,31?/m0/s1. The number of carbonyl (C=O) groups is 3. The average molecular weight is 576 g/mol. The molecule has 31 heavy (non-hydrogen) atoms. The van der Waals surface area contributed by atoms with Gasteiger partial charge in [0, 0.05) is 5.33 Å². The van der Waals surface area contributed by atoms with Crippen LogP contribution in [0.1, 0.15) is 32.8 Å². The van der Waals surface area contributed by atoms with E-state index in [9.17, 15) is 18.6 Å². The molecule has 0 bridgehead atoms. The van der Waals surface area contributed by atoms with E-state index in [0.717, 1.165) is 5.56 Å². The third kappa shape index (κ3) is 5.12. The topological polar surface area (TPSA) is 92.8 Å². The number of fused-ring (bicyclic) bond motifs is 1. The first-order chi connectivity index (χ1) is 14.5. The van der Waals surface area contributed by atoms with Gasteiger partial charge < -0.3 is 10.1 Å². The van der Waals surface area contributed by atoms with Crippen molar-refractivity contribution in [2.24, 2.45) is 0 Å². The number of alkyl halides is 2. The molecule has 0 aliphatic carbocycles. The van der Waals surface area contributed by atoms with E-state index in [1.807, 2.05) is 30.3 Å². The van der Waals surface area contributed by atoms with E-state index >= 15 is 0 Å². The van der Waals surface area contributed by atoms with Gasteiger partial charge in [0.15, 0.2) is 0 Å². The zero-order valence-corrected chi connectivity index (χ0v) is 21.4. The van der Waals surface area contributed by atoms with Crippen LogP contribution >= 0.6 is 31.9 Å². The number of hydrogen-bond donors (Lipinski definition) is 1. The Labute approximate surface area is 200 Å². The first-order valence-corrected chi connectivity index (χ1v) is 13.1. The maximum atomic E-state index is 13.1. The second-order valence-corrected chi connectivity index (χ2v) is 12.2. The number of β-lactam (4-membered cyclic amide) rings is 1. The van der Waals surface area contributed by atoms with Gasteiger partial charge in [-0.1, -0.05) is 62.2 Å². The second-order valence-electron chi connectivity index (χ2n) is 8.27. The SMILES string of the molecule is CC(C)(C)OC(=O)C1=C(CCBr)C(Br)S(=O)[C@H]2C(NC(=O)Cc3ccccc3)C(=O)N12. The van der Waals surface area contributed by atoms with Crippen LogP contribution in [-0.4, -0.2) is 53.4 Å². The molecule has 7 nitrogen and oxygen atoms in total. The summed E-state index contributed by atoms with van der Waals surface area (Å²) >= 11 is 6.79. The molecular weight excluding hydrogens is 552 g/mol. The lowest BCUT2D eigenvalue weighted by molar-refractivity contribution is -0.159. The molecular formula is C21H24Br2N2O5S. The Morgan fingerprint density at radius 3 is 2.45 bits per heavy atom. The molecule has 0 saturated carbocycles. The maximum absolute atomic E-state index is 13.1. The van der Waals surface area contributed by atoms with Gasteiger partial charge in [0.2, 0.25) is 5.91 Å². The molecule has 3 rings (SSSR count). The van der Waals surface area contributed by atoms with Crippen LogP contribution in [0.3, 0.4) is 0 Å². The fourth-order valence-corrected chi connectivity index (χ4v) is 6.65. The Kier molecular flexibility index (Phi) is 7.43. The van der Waals surface area contributed by atoms with Crippen molar-refractivity contribution < 1.29 is 23.3 Å². The number of amides is 2. The molecule has 168 valence electrons. The molecule has 3 unspecified atom stereocenters. The van der Waals surface area contributed by atoms with E-state index in [1.54, 1.807) is 20.8 Å². The molecule has 2 aliphatic heterocycles. The number of halogens is 2. The van der Waals surface area contributed by atoms with Gasteiger partial charge in [-0.2, -0.15) is 0 Å². The normalized spacial score (nSPS) is 25.6. The van der Waals surface area contributed by atoms with E-state index in [2.05, 4.69) is 37.2 Å². The minimum absolute atomic E-state index is 0.102. The van der Waals surface area contributed by atoms with E-state index in [4.69, 9.17) is 4.74 Å². The number of hydrogen-bond acceptors (Lipinski definition) is 5. The van der Waals surface area contributed by atoms with E-state index in [-0.39, 0.29) is 18.0 Å². The number of ether oxygens (including phenoxy) is 1. The summed E-state index contributed by atoms with van der Waals surface area (Å²) < 4.78 is 18.0. The molecule has 2 amide bonds. The highest BCUT2D eigenvalue weighted by molar-refractivity contribution is 9.11. The Morgan fingerprint density at radius 2 is 1.87 bits per heavy atom. The van der Waals surface area contributed by atoms with Gasteiger partial charge in [0.05, 0.1) is 17.2 Å². The second kappa shape index (κ2) is 9.54. The zero-order valence-electron chi connectivity index (χ0n) is 17.4. The highest BCUT2D eigenvalue weighted by atomic mass is 79.9. The lowest BCUT2D eigenvalue weighted by atomic mass is 10.0. The minimum atomic E-state index is -1.56. The number of benzene rings is 1. The van der Waals surface area contributed by atoms with Gasteiger partial charge in [-0.25, -0.2) is 4.79 Å². The van der Waals surface area contributed by atoms with Crippen molar-refractivity contribution in [1.29, 1.82) is 0 Å². The monoisotopic (exact) mass is 574 g/mol. The molecule has 2 aliphatic rings. The summed E-state index contributed by atoms with van der Waals surface area (Å²) in [6, 6.07) is 8.18. The van der Waals surface area contributed by atoms with Gasteiger partial charge in [-0.05, 0) is 38.3 Å². The molecule has 4 atom stereocenters. The number of carbonyl (C=O) groups excluding carboxylic acids is 3. The summed E-state index contributed by atoms with van der Waals surface area (Å²) in [4.78, 5) is 39.7. The lowest BCUT2D eigenvalue weighted by Crippen LogP contribution is -2.74. The number of esters is 1. The molecule has 1 aromatic carbocycles. The van der Waals surface area contributed by atoms with E-state index in [1.165, 1.54) is 4.90 Å². The van der Waals surface area contributed by atoms with Gasteiger partial charge in [-0.3, -0.25) is 18.7 Å². The van der Waals surface area contributed by atoms with Crippen LogP contribution in [0.15, 0.2) is 41.6 Å². The van der Waals surface area contributed by atoms with Gasteiger partial charge in [0.25, 0.3) is 5.91 Å². The van der Waals surface area contributed by atoms with Crippen LogP contribution in [0, 0.1) is 0 Å². The predicted octanol–water partition coefficient (Wildman–Crippen LogP) is 2.75. The van der Waals surface area contributed by atoms with Crippen molar-refractivity contribution >= 4 is 60.4 Å². The molecule has 2 heterocycles. The van der Waals surface area contributed by atoms with E-state index in [0.29, 0.717) is 17.3 Å². The van der Waals surface area contributed by atoms with Gasteiger partial charge >= 0.3 is 5.97 Å². The third-order valence-electron chi connectivity index (χ3n) is 4.78. The van der Waals surface area contributed by atoms with Crippen LogP contribution in [0.5, 0.6) is 0 Å². The molecule has 1 saturated heterocycles. The Hall–Kier alpha value is -1.52. The van der Waals surface area contributed by atoms with Crippen LogP contribution in [0.4, 0.5) is 0 Å². The van der Waals surface area contributed by atoms with Crippen LogP contribution < -0.4 is 5.32 Å². The summed E-state index contributed by atoms with van der Waals surface area (Å²) in [5, 5.41) is 2.38. The first-order valence-electron chi connectivity index (χ1n) is 9.77. The predicted molar refractivity (Wildman–Crippen MR) is 125 cm³/mol. The lowest BCUT2D eigenvalue weighted by Gasteiger charge is -2.50. The van der Waals surface area contributed by atoms with Gasteiger partial charge in [-0.15, -0.1) is 0 Å². The Morgan fingerprint density at radius 1 is 1.23 bits per heavy atom. The van der Waals surface area contributed by atoms with Crippen molar-refractivity contribution in [1.82, 2.24) is 10.2 Å². The number of rotatable bonds is 6. The summed E-state index contributed by atoms with van der Waals surface area (Å²) in [5.74, 6) is -1.45. The molecule has 0 radical (unpaired) electrons. The van der Waals surface area contributed by atoms with Crippen molar-refractivity contribution in [3.8, 4) is 0 Å². The average Bonchev–Trinajstić information content (AvgIpc) is 2.69. The smallest absolute Gasteiger partial charge is 0.355 e. The van der Waals surface area contributed by atoms with Crippen molar-refractivity contribution in [3.63, 3.8) is 0 Å². The summed E-state index contributed by atoms with van der Waals surface area (Å²) in [6.07, 6.45) is 0.517. The molecule has 1 N–H and O–H groups in total. The van der Waals surface area contributed by atoms with Crippen LogP contribution in [0.2, 0.25) is 0 Å². The molecule has 1 fully saturated rings.